The average Bonchev–Trinajstić information content (AvgIpc) is 2.21. The van der Waals surface area contributed by atoms with Crippen LogP contribution >= 0.6 is 0 Å². The number of rotatable bonds is 10. The molecule has 0 rings (SSSR count). The first-order valence-corrected chi connectivity index (χ1v) is 6.60. The fourth-order valence-corrected chi connectivity index (χ4v) is 1.76. The molecule has 0 amide bonds. The van der Waals surface area contributed by atoms with Crippen molar-refractivity contribution in [2.24, 2.45) is 5.92 Å². The molecule has 0 aromatic rings. The molecular formula is C15H32Y-2. The molecule has 0 fully saturated rings. The first-order valence-electron chi connectivity index (χ1n) is 6.60. The summed E-state index contributed by atoms with van der Waals surface area (Å²) in [6.07, 6.45) is 13.9. The molecule has 97 valence electrons. The number of unbranched alkanes of at least 4 members (excludes halogenated alkanes) is 7. The molecule has 1 heteroatoms. The Kier molecular flexibility index (Phi) is 25.7. The van der Waals surface area contributed by atoms with E-state index in [1.807, 2.05) is 0 Å². The molecule has 1 unspecified atom stereocenters. The van der Waals surface area contributed by atoms with Crippen molar-refractivity contribution in [3.8, 4) is 0 Å². The Hall–Kier alpha value is 1.10. The van der Waals surface area contributed by atoms with E-state index >= 15 is 0 Å². The van der Waals surface area contributed by atoms with Gasteiger partial charge in [-0.3, -0.25) is 0 Å². The number of hydrogen-bond acceptors (Lipinski definition) is 0. The van der Waals surface area contributed by atoms with Crippen LogP contribution in [-0.4, -0.2) is 0 Å². The van der Waals surface area contributed by atoms with E-state index in [0.29, 0.717) is 0 Å². The smallest absolute Gasteiger partial charge is 0 e. The van der Waals surface area contributed by atoms with Crippen molar-refractivity contribution >= 4 is 0 Å². The number of hydrogen-bond donors (Lipinski definition) is 0. The predicted molar refractivity (Wildman–Crippen MR) is 72.8 cm³/mol. The van der Waals surface area contributed by atoms with Crippen molar-refractivity contribution in [1.82, 2.24) is 0 Å². The zero-order valence-corrected chi connectivity index (χ0v) is 14.8. The van der Waals surface area contributed by atoms with Gasteiger partial charge < -0.3 is 14.4 Å². The fraction of sp³-hybridized carbons (Fsp3) is 0.867. The van der Waals surface area contributed by atoms with Gasteiger partial charge in [-0.1, -0.05) is 71.6 Å². The molecule has 0 aliphatic carbocycles. The molecule has 0 aliphatic rings. The van der Waals surface area contributed by atoms with Crippen LogP contribution in [0.4, 0.5) is 0 Å². The summed E-state index contributed by atoms with van der Waals surface area (Å²) in [5.74, 6) is 0.946. The molecule has 0 spiro atoms. The summed E-state index contributed by atoms with van der Waals surface area (Å²) >= 11 is 0. The molecule has 16 heavy (non-hydrogen) atoms. The maximum absolute atomic E-state index is 3.86. The quantitative estimate of drug-likeness (QED) is 0.352. The molecule has 0 aromatic carbocycles. The van der Waals surface area contributed by atoms with Gasteiger partial charge in [0.2, 0.25) is 0 Å². The topological polar surface area (TPSA) is 0 Å². The van der Waals surface area contributed by atoms with Crippen LogP contribution in [0.15, 0.2) is 0 Å². The van der Waals surface area contributed by atoms with E-state index < -0.39 is 0 Å². The third-order valence-electron chi connectivity index (χ3n) is 3.14. The van der Waals surface area contributed by atoms with E-state index in [1.54, 1.807) is 0 Å². The summed E-state index contributed by atoms with van der Waals surface area (Å²) in [4.78, 5) is 0. The summed E-state index contributed by atoms with van der Waals surface area (Å²) in [5, 5.41) is 0. The zero-order valence-electron chi connectivity index (χ0n) is 11.9. The summed E-state index contributed by atoms with van der Waals surface area (Å²) < 4.78 is 0. The van der Waals surface area contributed by atoms with Gasteiger partial charge in [-0.15, -0.1) is 0 Å². The molecule has 0 bridgehead atoms. The molecule has 0 aromatic heterocycles. The van der Waals surface area contributed by atoms with Gasteiger partial charge in [0.25, 0.3) is 0 Å². The molecule has 0 saturated carbocycles. The van der Waals surface area contributed by atoms with Gasteiger partial charge in [0, 0.05) is 32.7 Å². The molecular weight excluding hydrogens is 269 g/mol. The summed E-state index contributed by atoms with van der Waals surface area (Å²) in [7, 11) is 0. The van der Waals surface area contributed by atoms with Gasteiger partial charge in [-0.05, 0) is 5.92 Å². The maximum atomic E-state index is 3.86. The Morgan fingerprint density at radius 1 is 0.875 bits per heavy atom. The fourth-order valence-electron chi connectivity index (χ4n) is 1.76. The van der Waals surface area contributed by atoms with Gasteiger partial charge >= 0.3 is 0 Å². The first kappa shape index (κ1) is 22.3. The van der Waals surface area contributed by atoms with Crippen LogP contribution in [0.2, 0.25) is 0 Å². The molecule has 1 radical (unpaired) electrons. The van der Waals surface area contributed by atoms with Crippen LogP contribution < -0.4 is 0 Å². The van der Waals surface area contributed by atoms with Gasteiger partial charge in [0.15, 0.2) is 0 Å². The van der Waals surface area contributed by atoms with Crippen LogP contribution in [-0.2, 0) is 32.7 Å². The van der Waals surface area contributed by atoms with Gasteiger partial charge in [-0.25, -0.2) is 0 Å². The van der Waals surface area contributed by atoms with Crippen molar-refractivity contribution in [3.05, 3.63) is 14.4 Å². The van der Waals surface area contributed by atoms with Crippen LogP contribution in [0.5, 0.6) is 0 Å². The van der Waals surface area contributed by atoms with Crippen molar-refractivity contribution in [1.29, 1.82) is 0 Å². The van der Waals surface area contributed by atoms with Crippen molar-refractivity contribution in [2.75, 3.05) is 0 Å². The van der Waals surface area contributed by atoms with Crippen LogP contribution in [0, 0.1) is 20.3 Å². The summed E-state index contributed by atoms with van der Waals surface area (Å²) in [6, 6.07) is 0. The Balaban J connectivity index is -0.000000845. The molecule has 0 saturated heterocycles. The van der Waals surface area contributed by atoms with E-state index in [9.17, 15) is 0 Å². The third-order valence-corrected chi connectivity index (χ3v) is 3.14. The van der Waals surface area contributed by atoms with Gasteiger partial charge in [0.1, 0.15) is 0 Å². The van der Waals surface area contributed by atoms with E-state index in [1.165, 1.54) is 57.8 Å². The molecule has 0 heterocycles. The minimum absolute atomic E-state index is 0. The second-order valence-electron chi connectivity index (χ2n) is 4.63. The minimum Gasteiger partial charge on any atom is -0.358 e. The average molecular weight is 301 g/mol. The third kappa shape index (κ3) is 17.5. The predicted octanol–water partition coefficient (Wildman–Crippen LogP) is 5.83. The zero-order chi connectivity index (χ0) is 10.6. The minimum atomic E-state index is 0. The van der Waals surface area contributed by atoms with Crippen molar-refractivity contribution < 1.29 is 32.7 Å². The maximum Gasteiger partial charge on any atom is 0 e. The molecule has 0 nitrogen and oxygen atoms in total. The van der Waals surface area contributed by atoms with E-state index in [0.717, 1.165) is 12.3 Å². The summed E-state index contributed by atoms with van der Waals surface area (Å²) in [5.41, 5.74) is 0. The Bertz CT molecular complexity index is 102. The van der Waals surface area contributed by atoms with Gasteiger partial charge in [-0.2, -0.15) is 6.42 Å². The molecule has 0 aliphatic heterocycles. The molecule has 1 atom stereocenters. The largest absolute Gasteiger partial charge is 0.358 e. The Morgan fingerprint density at radius 2 is 1.31 bits per heavy atom. The van der Waals surface area contributed by atoms with Crippen LogP contribution in [0.25, 0.3) is 0 Å². The molecule has 0 N–H and O–H groups in total. The van der Waals surface area contributed by atoms with Crippen molar-refractivity contribution in [2.45, 2.75) is 78.1 Å². The van der Waals surface area contributed by atoms with Gasteiger partial charge in [0.05, 0.1) is 0 Å². The second-order valence-corrected chi connectivity index (χ2v) is 4.63. The van der Waals surface area contributed by atoms with Crippen molar-refractivity contribution in [3.63, 3.8) is 0 Å². The normalized spacial score (nSPS) is 11.4. The second kappa shape index (κ2) is 18.5. The van der Waals surface area contributed by atoms with E-state index in [-0.39, 0.29) is 40.1 Å². The summed E-state index contributed by atoms with van der Waals surface area (Å²) in [6.45, 7) is 8.53. The SMILES string of the molecule is [CH2-]CCCCCCCCCC(C)CC.[CH3-].[Y]. The Labute approximate surface area is 130 Å². The van der Waals surface area contributed by atoms with Crippen LogP contribution in [0.3, 0.4) is 0 Å². The monoisotopic (exact) mass is 301 g/mol. The van der Waals surface area contributed by atoms with Crippen LogP contribution in [0.1, 0.15) is 78.1 Å². The Morgan fingerprint density at radius 3 is 1.75 bits per heavy atom. The standard InChI is InChI=1S/C14H29.CH3.Y/c1-4-6-7-8-9-10-11-12-13-14(3)5-2;;/h14H,1,4-13H2,2-3H3;1H3;/q2*-1;. The first-order chi connectivity index (χ1) is 6.81. The van der Waals surface area contributed by atoms with E-state index in [4.69, 9.17) is 0 Å². The van der Waals surface area contributed by atoms with E-state index in [2.05, 4.69) is 20.8 Å².